The Hall–Kier alpha value is -3.10. The molecule has 0 aromatic heterocycles. The van der Waals surface area contributed by atoms with E-state index >= 15 is 0 Å². The van der Waals surface area contributed by atoms with Gasteiger partial charge < -0.3 is 15.2 Å². The molecule has 3 nitrogen and oxygen atoms in total. The van der Waals surface area contributed by atoms with E-state index in [-0.39, 0.29) is 6.98 Å². The molecule has 2 N–H and O–H groups in total. The van der Waals surface area contributed by atoms with Crippen LogP contribution in [0.4, 0.5) is 11.4 Å². The number of methoxy groups -OCH3 is 1. The lowest BCUT2D eigenvalue weighted by molar-refractivity contribution is 0.415. The Labute approximate surface area is 174 Å². The van der Waals surface area contributed by atoms with Crippen molar-refractivity contribution in [2.24, 2.45) is 0 Å². The summed E-state index contributed by atoms with van der Waals surface area (Å²) < 4.78 is 5.29. The van der Waals surface area contributed by atoms with Crippen molar-refractivity contribution in [1.29, 1.82) is 0 Å². The van der Waals surface area contributed by atoms with E-state index in [1.54, 1.807) is 7.11 Å². The minimum absolute atomic E-state index is 0.0820. The van der Waals surface area contributed by atoms with Gasteiger partial charge in [0.25, 0.3) is 0 Å². The highest BCUT2D eigenvalue weighted by molar-refractivity contribution is 6.84. The lowest BCUT2D eigenvalue weighted by Crippen LogP contribution is -2.39. The van der Waals surface area contributed by atoms with Gasteiger partial charge in [-0.1, -0.05) is 62.0 Å². The normalized spacial score (nSPS) is 13.2. The molecule has 0 amide bonds. The van der Waals surface area contributed by atoms with Gasteiger partial charge in [-0.3, -0.25) is 0 Å². The first kappa shape index (κ1) is 19.2. The Morgan fingerprint density at radius 1 is 0.931 bits per heavy atom. The number of nitrogens with one attached hydrogen (secondary N) is 2. The van der Waals surface area contributed by atoms with Crippen molar-refractivity contribution in [3.8, 4) is 17.2 Å². The minimum atomic E-state index is -1.51. The summed E-state index contributed by atoms with van der Waals surface area (Å²) in [5.74, 6) is 4.34. The number of allylic oxidation sites excluding steroid dienone is 1. The monoisotopic (exact) mass is 396 g/mol. The van der Waals surface area contributed by atoms with Crippen molar-refractivity contribution in [3.05, 3.63) is 71.7 Å². The molecular weight excluding hydrogens is 371 g/mol. The van der Waals surface area contributed by atoms with Crippen molar-refractivity contribution in [1.82, 2.24) is 0 Å². The summed E-state index contributed by atoms with van der Waals surface area (Å²) in [7, 11) is 0.171. The zero-order chi connectivity index (χ0) is 20.4. The predicted octanol–water partition coefficient (Wildman–Crippen LogP) is 5.68. The predicted molar refractivity (Wildman–Crippen MR) is 129 cm³/mol. The molecule has 0 spiro atoms. The second kappa shape index (κ2) is 7.73. The smallest absolute Gasteiger partial charge is 0.414 e. The van der Waals surface area contributed by atoms with E-state index in [1.807, 2.05) is 12.1 Å². The molecule has 0 saturated heterocycles. The largest absolute Gasteiger partial charge is 0.497 e. The van der Waals surface area contributed by atoms with Gasteiger partial charge in [0.2, 0.25) is 0 Å². The van der Waals surface area contributed by atoms with Gasteiger partial charge in [0.1, 0.15) is 13.8 Å². The lowest BCUT2D eigenvalue weighted by Gasteiger charge is -2.27. The van der Waals surface area contributed by atoms with Crippen molar-refractivity contribution in [2.45, 2.75) is 19.6 Å². The molecule has 0 saturated carbocycles. The molecule has 0 fully saturated rings. The van der Waals surface area contributed by atoms with E-state index in [0.29, 0.717) is 0 Å². The van der Waals surface area contributed by atoms with Crippen LogP contribution in [0.2, 0.25) is 19.6 Å². The lowest BCUT2D eigenvalue weighted by atomic mass is 9.65. The van der Waals surface area contributed by atoms with Crippen molar-refractivity contribution in [2.75, 3.05) is 17.6 Å². The Bertz CT molecular complexity index is 1100. The molecule has 29 heavy (non-hydrogen) atoms. The zero-order valence-corrected chi connectivity index (χ0v) is 18.3. The molecule has 144 valence electrons. The first-order chi connectivity index (χ1) is 13.9. The fraction of sp³-hybridized carbons (Fsp3) is 0.167. The van der Waals surface area contributed by atoms with Gasteiger partial charge in [0.05, 0.1) is 7.11 Å². The molecule has 1 heterocycles. The second-order valence-electron chi connectivity index (χ2n) is 8.30. The molecule has 0 bridgehead atoms. The molecule has 0 aliphatic carbocycles. The highest BCUT2D eigenvalue weighted by atomic mass is 28.3. The molecule has 3 aromatic rings. The molecule has 0 atom stereocenters. The topological polar surface area (TPSA) is 33.3 Å². The maximum atomic E-state index is 5.29. The number of anilines is 2. The van der Waals surface area contributed by atoms with Gasteiger partial charge in [0.15, 0.2) is 0 Å². The van der Waals surface area contributed by atoms with Gasteiger partial charge >= 0.3 is 6.98 Å². The first-order valence-electron chi connectivity index (χ1n) is 9.87. The van der Waals surface area contributed by atoms with Crippen LogP contribution in [0, 0.1) is 11.5 Å². The van der Waals surface area contributed by atoms with Crippen LogP contribution in [0.15, 0.2) is 66.1 Å². The van der Waals surface area contributed by atoms with Gasteiger partial charge in [-0.2, -0.15) is 0 Å². The third-order valence-corrected chi connectivity index (χ3v) is 5.71. The van der Waals surface area contributed by atoms with Gasteiger partial charge in [-0.05, 0) is 41.3 Å². The van der Waals surface area contributed by atoms with Crippen LogP contribution >= 0.6 is 0 Å². The Kier molecular flexibility index (Phi) is 5.12. The van der Waals surface area contributed by atoms with Crippen LogP contribution < -0.4 is 15.2 Å². The van der Waals surface area contributed by atoms with Crippen LogP contribution in [0.3, 0.4) is 0 Å². The molecule has 4 rings (SSSR count). The molecular formula is C24H25BN2OSi. The fourth-order valence-electron chi connectivity index (χ4n) is 3.42. The second-order valence-corrected chi connectivity index (χ2v) is 13.1. The molecule has 3 aromatic carbocycles. The minimum Gasteiger partial charge on any atom is -0.497 e. The third-order valence-electron chi connectivity index (χ3n) is 4.84. The Morgan fingerprint density at radius 3 is 2.10 bits per heavy atom. The average molecular weight is 396 g/mol. The summed E-state index contributed by atoms with van der Waals surface area (Å²) in [5, 5.41) is 9.76. The van der Waals surface area contributed by atoms with Gasteiger partial charge in [-0.25, -0.2) is 0 Å². The van der Waals surface area contributed by atoms with Crippen LogP contribution in [-0.4, -0.2) is 22.2 Å². The van der Waals surface area contributed by atoms with Gasteiger partial charge in [-0.15, -0.1) is 5.54 Å². The van der Waals surface area contributed by atoms with Crippen LogP contribution in [-0.2, 0) is 0 Å². The highest BCUT2D eigenvalue weighted by Crippen LogP contribution is 2.35. The van der Waals surface area contributed by atoms with E-state index < -0.39 is 8.07 Å². The van der Waals surface area contributed by atoms with Crippen LogP contribution in [0.25, 0.3) is 16.8 Å². The summed E-state index contributed by atoms with van der Waals surface area (Å²) in [6.07, 6.45) is 2.16. The Morgan fingerprint density at radius 2 is 1.55 bits per heavy atom. The molecule has 5 heteroatoms. The number of hydrogen-bond acceptors (Lipinski definition) is 3. The summed E-state index contributed by atoms with van der Waals surface area (Å²) in [6, 6.07) is 20.8. The fourth-order valence-corrected chi connectivity index (χ4v) is 3.93. The summed E-state index contributed by atoms with van der Waals surface area (Å²) in [4.78, 5) is 0. The highest BCUT2D eigenvalue weighted by Gasteiger charge is 2.27. The van der Waals surface area contributed by atoms with Crippen molar-refractivity contribution in [3.63, 3.8) is 0 Å². The molecule has 1 aliphatic rings. The van der Waals surface area contributed by atoms with Crippen molar-refractivity contribution < 1.29 is 4.74 Å². The first-order valence-corrected chi connectivity index (χ1v) is 13.4. The van der Waals surface area contributed by atoms with E-state index in [4.69, 9.17) is 4.74 Å². The maximum absolute atomic E-state index is 5.29. The maximum Gasteiger partial charge on any atom is 0.414 e. The van der Waals surface area contributed by atoms with Gasteiger partial charge in [0, 0.05) is 22.2 Å². The SMILES string of the molecule is COc1ccc(/C=C(\C#C[Si](C)(C)C)B2Nc3cccc4cccc(c34)N2)cc1. The van der Waals surface area contributed by atoms with Crippen LogP contribution in [0.1, 0.15) is 5.56 Å². The average Bonchev–Trinajstić information content (AvgIpc) is 2.71. The number of rotatable bonds is 3. The van der Waals surface area contributed by atoms with E-state index in [9.17, 15) is 0 Å². The Balaban J connectivity index is 1.75. The zero-order valence-electron chi connectivity index (χ0n) is 17.3. The molecule has 0 radical (unpaired) electrons. The quantitative estimate of drug-likeness (QED) is 0.442. The van der Waals surface area contributed by atoms with Crippen molar-refractivity contribution >= 4 is 43.3 Å². The van der Waals surface area contributed by atoms with Crippen LogP contribution in [0.5, 0.6) is 5.75 Å². The summed E-state index contributed by atoms with van der Waals surface area (Å²) in [5.41, 5.74) is 7.93. The summed E-state index contributed by atoms with van der Waals surface area (Å²) >= 11 is 0. The van der Waals surface area contributed by atoms with E-state index in [2.05, 4.69) is 96.2 Å². The third kappa shape index (κ3) is 4.33. The van der Waals surface area contributed by atoms with E-state index in [0.717, 1.165) is 28.2 Å². The van der Waals surface area contributed by atoms with E-state index in [1.165, 1.54) is 10.8 Å². The molecule has 0 unspecified atom stereocenters. The molecule has 1 aliphatic heterocycles. The summed E-state index contributed by atoms with van der Waals surface area (Å²) in [6.45, 7) is 6.72. The standard InChI is InChI=1S/C24H25BN2OSi/c1-28-21-13-11-18(12-14-21)17-20(15-16-29(2,3)4)25-26-22-9-5-7-19-8-6-10-23(27-25)24(19)22/h5-14,17,26-27H,1-4H3/b20-17+. The number of benzene rings is 3. The number of ether oxygens (including phenoxy) is 1. The number of hydrogen-bond donors (Lipinski definition) is 2.